The Hall–Kier alpha value is -1.92. The third kappa shape index (κ3) is 3.16. The van der Waals surface area contributed by atoms with Crippen molar-refractivity contribution in [3.05, 3.63) is 46.0 Å². The van der Waals surface area contributed by atoms with Gasteiger partial charge in [-0.05, 0) is 43.9 Å². The van der Waals surface area contributed by atoms with Crippen molar-refractivity contribution in [2.75, 3.05) is 0 Å². The quantitative estimate of drug-likeness (QED) is 0.775. The van der Waals surface area contributed by atoms with Gasteiger partial charge < -0.3 is 15.6 Å². The van der Waals surface area contributed by atoms with Crippen molar-refractivity contribution in [2.45, 2.75) is 43.8 Å². The highest BCUT2D eigenvalue weighted by atomic mass is 35.5. The summed E-state index contributed by atoms with van der Waals surface area (Å²) in [7, 11) is 0. The predicted molar refractivity (Wildman–Crippen MR) is 92.2 cm³/mol. The summed E-state index contributed by atoms with van der Waals surface area (Å²) in [6.07, 6.45) is 4.14. The van der Waals surface area contributed by atoms with E-state index in [9.17, 15) is 14.0 Å². The van der Waals surface area contributed by atoms with Crippen LogP contribution in [0.3, 0.4) is 0 Å². The third-order valence-corrected chi connectivity index (χ3v) is 4.86. The smallest absolute Gasteiger partial charge is 0.252 e. The summed E-state index contributed by atoms with van der Waals surface area (Å²) in [6, 6.07) is 6.41. The van der Waals surface area contributed by atoms with Gasteiger partial charge in [-0.3, -0.25) is 9.59 Å². The molecule has 2 aromatic rings. The Kier molecular flexibility index (Phi) is 4.60. The van der Waals surface area contributed by atoms with E-state index in [0.717, 1.165) is 25.7 Å². The highest BCUT2D eigenvalue weighted by molar-refractivity contribution is 6.06. The summed E-state index contributed by atoms with van der Waals surface area (Å²) in [5.41, 5.74) is 0.237. The molecule has 2 aliphatic heterocycles. The Bertz CT molecular complexity index is 826. The molecule has 0 radical (unpaired) electrons. The van der Waals surface area contributed by atoms with Crippen LogP contribution in [0.4, 0.5) is 4.39 Å². The van der Waals surface area contributed by atoms with E-state index in [1.165, 1.54) is 24.3 Å². The van der Waals surface area contributed by atoms with Crippen LogP contribution < -0.4 is 16.2 Å². The number of piperidine rings is 1. The van der Waals surface area contributed by atoms with E-state index in [-0.39, 0.29) is 24.4 Å². The fraction of sp³-hybridized carbons (Fsp3) is 0.412. The van der Waals surface area contributed by atoms with Gasteiger partial charge in [0.05, 0.1) is 11.1 Å². The maximum atomic E-state index is 13.3. The molecule has 5 nitrogen and oxygen atoms in total. The van der Waals surface area contributed by atoms with Gasteiger partial charge in [-0.2, -0.15) is 0 Å². The summed E-state index contributed by atoms with van der Waals surface area (Å²) in [5, 5.41) is 7.13. The molecule has 128 valence electrons. The lowest BCUT2D eigenvalue weighted by molar-refractivity contribution is 0.0925. The minimum atomic E-state index is -0.444. The zero-order valence-electron chi connectivity index (χ0n) is 13.0. The van der Waals surface area contributed by atoms with Crippen LogP contribution >= 0.6 is 12.4 Å². The standard InChI is InChI=1S/C17H18FN3O2.ClH/c18-9-1-4-13-14(8-16(22)21-15(13)5-9)17(23)20-12-6-10-2-3-11(7-12)19-10;/h1,4-5,8,10-12,19H,2-3,6-7H2,(H,20,23)(H,21,22);1H. The van der Waals surface area contributed by atoms with Gasteiger partial charge in [-0.15, -0.1) is 12.4 Å². The molecule has 2 bridgehead atoms. The van der Waals surface area contributed by atoms with Crippen molar-refractivity contribution in [1.29, 1.82) is 0 Å². The highest BCUT2D eigenvalue weighted by Gasteiger charge is 2.34. The first-order valence-corrected chi connectivity index (χ1v) is 7.98. The minimum absolute atomic E-state index is 0. The summed E-state index contributed by atoms with van der Waals surface area (Å²) in [4.78, 5) is 26.9. The molecular weight excluding hydrogens is 333 g/mol. The van der Waals surface area contributed by atoms with Crippen LogP contribution in [0.1, 0.15) is 36.0 Å². The van der Waals surface area contributed by atoms with Crippen LogP contribution in [0, 0.1) is 5.82 Å². The molecule has 2 unspecified atom stereocenters. The fourth-order valence-corrected chi connectivity index (χ4v) is 3.86. The first kappa shape index (κ1) is 16.9. The lowest BCUT2D eigenvalue weighted by Crippen LogP contribution is -2.48. The number of hydrogen-bond acceptors (Lipinski definition) is 3. The number of hydrogen-bond donors (Lipinski definition) is 3. The number of carbonyl (C=O) groups is 1. The molecule has 3 N–H and O–H groups in total. The van der Waals surface area contributed by atoms with E-state index in [1.807, 2.05) is 0 Å². The molecule has 1 aromatic heterocycles. The molecule has 3 heterocycles. The van der Waals surface area contributed by atoms with Crippen molar-refractivity contribution >= 4 is 29.2 Å². The zero-order chi connectivity index (χ0) is 16.0. The van der Waals surface area contributed by atoms with Crippen molar-refractivity contribution in [2.24, 2.45) is 0 Å². The molecule has 0 saturated carbocycles. The topological polar surface area (TPSA) is 74.0 Å². The number of aromatic nitrogens is 1. The molecule has 1 amide bonds. The minimum Gasteiger partial charge on any atom is -0.349 e. The van der Waals surface area contributed by atoms with Crippen molar-refractivity contribution in [3.8, 4) is 0 Å². The van der Waals surface area contributed by atoms with Gasteiger partial charge in [-0.25, -0.2) is 4.39 Å². The van der Waals surface area contributed by atoms with Crippen molar-refractivity contribution in [1.82, 2.24) is 15.6 Å². The molecule has 0 aliphatic carbocycles. The summed E-state index contributed by atoms with van der Waals surface area (Å²) in [6.45, 7) is 0. The van der Waals surface area contributed by atoms with E-state index in [0.29, 0.717) is 28.6 Å². The van der Waals surface area contributed by atoms with E-state index in [2.05, 4.69) is 15.6 Å². The Labute approximate surface area is 144 Å². The first-order valence-electron chi connectivity index (χ1n) is 7.98. The second-order valence-corrected chi connectivity index (χ2v) is 6.52. The molecule has 2 saturated heterocycles. The number of benzene rings is 1. The molecule has 2 aliphatic rings. The fourth-order valence-electron chi connectivity index (χ4n) is 3.86. The van der Waals surface area contributed by atoms with Gasteiger partial charge in [-0.1, -0.05) is 0 Å². The SMILES string of the molecule is Cl.O=C(NC1CC2CCC(C1)N2)c1cc(=O)[nH]c2cc(F)ccc12. The van der Waals surface area contributed by atoms with Crippen LogP contribution in [0.25, 0.3) is 10.9 Å². The van der Waals surface area contributed by atoms with Gasteiger partial charge in [0.15, 0.2) is 0 Å². The maximum Gasteiger partial charge on any atom is 0.252 e. The summed E-state index contributed by atoms with van der Waals surface area (Å²) >= 11 is 0. The Morgan fingerprint density at radius 2 is 1.88 bits per heavy atom. The first-order chi connectivity index (χ1) is 11.1. The number of halogens is 2. The van der Waals surface area contributed by atoms with Crippen molar-refractivity contribution in [3.63, 3.8) is 0 Å². The number of amides is 1. The molecule has 4 rings (SSSR count). The molecular formula is C17H19ClFN3O2. The molecule has 2 fully saturated rings. The summed E-state index contributed by atoms with van der Waals surface area (Å²) in [5.74, 6) is -0.709. The number of pyridine rings is 1. The lowest BCUT2D eigenvalue weighted by Gasteiger charge is -2.29. The normalized spacial score (nSPS) is 25.3. The van der Waals surface area contributed by atoms with Crippen molar-refractivity contribution < 1.29 is 9.18 Å². The number of nitrogens with one attached hydrogen (secondary N) is 3. The van der Waals surface area contributed by atoms with Gasteiger partial charge in [0.2, 0.25) is 5.56 Å². The molecule has 24 heavy (non-hydrogen) atoms. The van der Waals surface area contributed by atoms with Crippen LogP contribution in [0.5, 0.6) is 0 Å². The largest absolute Gasteiger partial charge is 0.349 e. The van der Waals surface area contributed by atoms with Gasteiger partial charge in [0.25, 0.3) is 5.91 Å². The zero-order valence-corrected chi connectivity index (χ0v) is 13.8. The average Bonchev–Trinajstić information content (AvgIpc) is 2.84. The maximum absolute atomic E-state index is 13.3. The molecule has 2 atom stereocenters. The Morgan fingerprint density at radius 1 is 1.17 bits per heavy atom. The number of carbonyl (C=O) groups excluding carboxylic acids is 1. The van der Waals surface area contributed by atoms with Gasteiger partial charge in [0.1, 0.15) is 5.82 Å². The highest BCUT2D eigenvalue weighted by Crippen LogP contribution is 2.27. The van der Waals surface area contributed by atoms with Gasteiger partial charge in [0, 0.05) is 29.6 Å². The second-order valence-electron chi connectivity index (χ2n) is 6.52. The Morgan fingerprint density at radius 3 is 2.58 bits per heavy atom. The number of H-pyrrole nitrogens is 1. The predicted octanol–water partition coefficient (Wildman–Crippen LogP) is 2.10. The Balaban J connectivity index is 0.00000169. The monoisotopic (exact) mass is 351 g/mol. The number of aromatic amines is 1. The van der Waals surface area contributed by atoms with Crippen LogP contribution in [0.2, 0.25) is 0 Å². The van der Waals surface area contributed by atoms with E-state index < -0.39 is 11.4 Å². The third-order valence-electron chi connectivity index (χ3n) is 4.86. The van der Waals surface area contributed by atoms with Gasteiger partial charge >= 0.3 is 0 Å². The van der Waals surface area contributed by atoms with Crippen LogP contribution in [-0.4, -0.2) is 29.0 Å². The van der Waals surface area contributed by atoms with E-state index in [4.69, 9.17) is 0 Å². The number of fused-ring (bicyclic) bond motifs is 3. The molecule has 7 heteroatoms. The number of rotatable bonds is 2. The lowest BCUT2D eigenvalue weighted by atomic mass is 9.99. The second kappa shape index (κ2) is 6.53. The molecule has 1 aromatic carbocycles. The van der Waals surface area contributed by atoms with E-state index in [1.54, 1.807) is 0 Å². The van der Waals surface area contributed by atoms with E-state index >= 15 is 0 Å². The van der Waals surface area contributed by atoms with Crippen LogP contribution in [-0.2, 0) is 0 Å². The summed E-state index contributed by atoms with van der Waals surface area (Å²) < 4.78 is 13.3. The van der Waals surface area contributed by atoms with Crippen LogP contribution in [0.15, 0.2) is 29.1 Å². The average molecular weight is 352 g/mol. The molecule has 0 spiro atoms.